The van der Waals surface area contributed by atoms with E-state index >= 15 is 0 Å². The summed E-state index contributed by atoms with van der Waals surface area (Å²) in [5.74, 6) is -0.136. The SMILES string of the molecule is CC(C)(C)OC(=O)N1CC[C@@H](CO[Si](C)(C)C(C)(C)C)[C@@H](F)C1. The van der Waals surface area contributed by atoms with Crippen LogP contribution < -0.4 is 0 Å². The molecule has 1 fully saturated rings. The number of amides is 1. The third-order valence-electron chi connectivity index (χ3n) is 4.79. The summed E-state index contributed by atoms with van der Waals surface area (Å²) in [6.07, 6.45) is -0.861. The van der Waals surface area contributed by atoms with Crippen molar-refractivity contribution in [1.29, 1.82) is 0 Å². The summed E-state index contributed by atoms with van der Waals surface area (Å²) < 4.78 is 25.9. The van der Waals surface area contributed by atoms with Gasteiger partial charge in [-0.1, -0.05) is 20.8 Å². The maximum absolute atomic E-state index is 14.4. The van der Waals surface area contributed by atoms with Crippen LogP contribution in [0, 0.1) is 5.92 Å². The number of hydrogen-bond donors (Lipinski definition) is 0. The summed E-state index contributed by atoms with van der Waals surface area (Å²) in [7, 11) is -1.86. The Morgan fingerprint density at radius 3 is 2.22 bits per heavy atom. The van der Waals surface area contributed by atoms with E-state index in [-0.39, 0.29) is 17.5 Å². The molecule has 0 aromatic heterocycles. The van der Waals surface area contributed by atoms with Crippen molar-refractivity contribution in [3.05, 3.63) is 0 Å². The molecular weight excluding hydrogens is 313 g/mol. The number of carbonyl (C=O) groups excluding carboxylic acids is 1. The minimum absolute atomic E-state index is 0.0977. The molecular formula is C17H34FNO3Si. The van der Waals surface area contributed by atoms with Crippen LogP contribution in [0.1, 0.15) is 48.0 Å². The number of halogens is 1. The number of alkyl halides is 1. The van der Waals surface area contributed by atoms with Gasteiger partial charge in [0.05, 0.1) is 6.54 Å². The Bertz CT molecular complexity index is 415. The van der Waals surface area contributed by atoms with Gasteiger partial charge in [-0.05, 0) is 45.3 Å². The summed E-state index contributed by atoms with van der Waals surface area (Å²) in [5.41, 5.74) is -0.550. The van der Waals surface area contributed by atoms with Gasteiger partial charge in [0.2, 0.25) is 0 Å². The minimum atomic E-state index is -1.86. The van der Waals surface area contributed by atoms with E-state index in [0.717, 1.165) is 0 Å². The first-order valence-corrected chi connectivity index (χ1v) is 11.4. The molecule has 0 N–H and O–H groups in total. The van der Waals surface area contributed by atoms with Crippen molar-refractivity contribution in [1.82, 2.24) is 4.90 Å². The number of hydrogen-bond acceptors (Lipinski definition) is 3. The monoisotopic (exact) mass is 347 g/mol. The molecule has 1 heterocycles. The molecule has 0 radical (unpaired) electrons. The zero-order valence-electron chi connectivity index (χ0n) is 16.0. The minimum Gasteiger partial charge on any atom is -0.444 e. The lowest BCUT2D eigenvalue weighted by atomic mass is 9.96. The summed E-state index contributed by atoms with van der Waals surface area (Å²) in [4.78, 5) is 13.5. The molecule has 4 nitrogen and oxygen atoms in total. The zero-order chi connectivity index (χ0) is 18.1. The van der Waals surface area contributed by atoms with Gasteiger partial charge in [0.15, 0.2) is 8.32 Å². The summed E-state index contributed by atoms with van der Waals surface area (Å²) in [5, 5.41) is 0.121. The van der Waals surface area contributed by atoms with E-state index in [2.05, 4.69) is 33.9 Å². The molecule has 0 bridgehead atoms. The molecule has 23 heavy (non-hydrogen) atoms. The smallest absolute Gasteiger partial charge is 0.410 e. The molecule has 0 spiro atoms. The van der Waals surface area contributed by atoms with Crippen LogP contribution in [0.3, 0.4) is 0 Å². The van der Waals surface area contributed by atoms with E-state index < -0.39 is 26.2 Å². The number of nitrogens with zero attached hydrogens (tertiary/aromatic N) is 1. The van der Waals surface area contributed by atoms with Crippen molar-refractivity contribution in [2.75, 3.05) is 19.7 Å². The Morgan fingerprint density at radius 2 is 1.78 bits per heavy atom. The molecule has 136 valence electrons. The number of piperidine rings is 1. The van der Waals surface area contributed by atoms with E-state index in [4.69, 9.17) is 9.16 Å². The quantitative estimate of drug-likeness (QED) is 0.700. The van der Waals surface area contributed by atoms with E-state index in [0.29, 0.717) is 19.6 Å². The predicted octanol–water partition coefficient (Wildman–Crippen LogP) is 4.60. The van der Waals surface area contributed by atoms with Gasteiger partial charge < -0.3 is 14.1 Å². The van der Waals surface area contributed by atoms with E-state index in [1.807, 2.05) is 20.8 Å². The lowest BCUT2D eigenvalue weighted by molar-refractivity contribution is -0.000346. The van der Waals surface area contributed by atoms with Crippen molar-refractivity contribution in [3.63, 3.8) is 0 Å². The highest BCUT2D eigenvalue weighted by Gasteiger charge is 2.40. The highest BCUT2D eigenvalue weighted by Crippen LogP contribution is 2.37. The molecule has 1 aliphatic rings. The van der Waals surface area contributed by atoms with Gasteiger partial charge in [0.25, 0.3) is 0 Å². The Hall–Kier alpha value is -0.623. The fraction of sp³-hybridized carbons (Fsp3) is 0.941. The van der Waals surface area contributed by atoms with E-state index in [1.54, 1.807) is 0 Å². The van der Waals surface area contributed by atoms with Crippen LogP contribution in [0.2, 0.25) is 18.1 Å². The molecule has 0 aromatic carbocycles. The fourth-order valence-electron chi connectivity index (χ4n) is 2.17. The molecule has 0 saturated carbocycles. The highest BCUT2D eigenvalue weighted by atomic mass is 28.4. The number of rotatable bonds is 3. The Labute approximate surface area is 141 Å². The van der Waals surface area contributed by atoms with E-state index in [1.165, 1.54) is 4.90 Å². The van der Waals surface area contributed by atoms with Gasteiger partial charge in [-0.2, -0.15) is 0 Å². The van der Waals surface area contributed by atoms with Gasteiger partial charge in [-0.3, -0.25) is 0 Å². The van der Waals surface area contributed by atoms with Crippen molar-refractivity contribution in [3.8, 4) is 0 Å². The standard InChI is InChI=1S/C17H34FNO3Si/c1-16(2,3)22-15(20)19-10-9-13(14(18)11-19)12-21-23(7,8)17(4,5)6/h13-14H,9-12H2,1-8H3/t13-,14-/m0/s1. The van der Waals surface area contributed by atoms with Crippen LogP contribution in [-0.2, 0) is 9.16 Å². The van der Waals surface area contributed by atoms with Gasteiger partial charge in [0, 0.05) is 19.1 Å². The maximum atomic E-state index is 14.4. The summed E-state index contributed by atoms with van der Waals surface area (Å²) >= 11 is 0. The number of carbonyl (C=O) groups is 1. The normalized spacial score (nSPS) is 23.8. The molecule has 0 unspecified atom stereocenters. The first kappa shape index (κ1) is 20.4. The van der Waals surface area contributed by atoms with Crippen LogP contribution in [0.25, 0.3) is 0 Å². The fourth-order valence-corrected chi connectivity index (χ4v) is 3.23. The lowest BCUT2D eigenvalue weighted by Crippen LogP contribution is -2.49. The van der Waals surface area contributed by atoms with Crippen LogP contribution in [0.4, 0.5) is 9.18 Å². The first-order chi connectivity index (χ1) is 10.2. The van der Waals surface area contributed by atoms with Gasteiger partial charge >= 0.3 is 6.09 Å². The molecule has 1 amide bonds. The van der Waals surface area contributed by atoms with Gasteiger partial charge in [0.1, 0.15) is 11.8 Å². The Kier molecular flexibility index (Phi) is 6.30. The first-order valence-electron chi connectivity index (χ1n) is 8.49. The third kappa shape index (κ3) is 6.07. The predicted molar refractivity (Wildman–Crippen MR) is 94.0 cm³/mol. The molecule has 1 rings (SSSR count). The molecule has 1 saturated heterocycles. The van der Waals surface area contributed by atoms with Crippen molar-refractivity contribution >= 4 is 14.4 Å². The maximum Gasteiger partial charge on any atom is 0.410 e. The average molecular weight is 348 g/mol. The van der Waals surface area contributed by atoms with E-state index in [9.17, 15) is 9.18 Å². The van der Waals surface area contributed by atoms with Crippen LogP contribution in [-0.4, -0.2) is 50.8 Å². The molecule has 6 heteroatoms. The zero-order valence-corrected chi connectivity index (χ0v) is 17.0. The largest absolute Gasteiger partial charge is 0.444 e. The third-order valence-corrected chi connectivity index (χ3v) is 9.29. The number of likely N-dealkylation sites (tertiary alicyclic amines) is 1. The highest BCUT2D eigenvalue weighted by molar-refractivity contribution is 6.74. The van der Waals surface area contributed by atoms with Crippen molar-refractivity contribution in [2.45, 2.75) is 77.9 Å². The van der Waals surface area contributed by atoms with Crippen molar-refractivity contribution < 1.29 is 18.3 Å². The topological polar surface area (TPSA) is 38.8 Å². The molecule has 1 aliphatic heterocycles. The second-order valence-electron chi connectivity index (χ2n) is 9.06. The molecule has 2 atom stereocenters. The summed E-state index contributed by atoms with van der Waals surface area (Å²) in [6, 6.07) is 0. The van der Waals surface area contributed by atoms with Crippen LogP contribution in [0.5, 0.6) is 0 Å². The second kappa shape index (κ2) is 7.09. The number of ether oxygens (including phenoxy) is 1. The van der Waals surface area contributed by atoms with Gasteiger partial charge in [-0.15, -0.1) is 0 Å². The summed E-state index contributed by atoms with van der Waals surface area (Å²) in [6.45, 7) is 17.4. The Balaban J connectivity index is 2.52. The van der Waals surface area contributed by atoms with Crippen LogP contribution >= 0.6 is 0 Å². The molecule has 0 aliphatic carbocycles. The average Bonchev–Trinajstić information content (AvgIpc) is 2.33. The lowest BCUT2D eigenvalue weighted by Gasteiger charge is -2.40. The molecule has 0 aromatic rings. The second-order valence-corrected chi connectivity index (χ2v) is 13.9. The Morgan fingerprint density at radius 1 is 1.22 bits per heavy atom. The van der Waals surface area contributed by atoms with Gasteiger partial charge in [-0.25, -0.2) is 9.18 Å². The van der Waals surface area contributed by atoms with Crippen LogP contribution in [0.15, 0.2) is 0 Å². The van der Waals surface area contributed by atoms with Crippen molar-refractivity contribution in [2.24, 2.45) is 5.92 Å².